The van der Waals surface area contributed by atoms with Gasteiger partial charge in [0.25, 0.3) is 0 Å². The van der Waals surface area contributed by atoms with Crippen molar-refractivity contribution < 1.29 is 13.2 Å². The molecule has 0 radical (unpaired) electrons. The first-order chi connectivity index (χ1) is 7.96. The van der Waals surface area contributed by atoms with Crippen LogP contribution in [0.3, 0.4) is 0 Å². The summed E-state index contributed by atoms with van der Waals surface area (Å²) in [6, 6.07) is 9.39. The topological polar surface area (TPSA) is 38.9 Å². The molecular weight excluding hydrogens is 265 g/mol. The van der Waals surface area contributed by atoms with Gasteiger partial charge < -0.3 is 5.73 Å². The molecular formula is C12H12ClF3N2. The van der Waals surface area contributed by atoms with Gasteiger partial charge in [-0.05, 0) is 12.1 Å². The third-order valence-corrected chi connectivity index (χ3v) is 2.45. The quantitative estimate of drug-likeness (QED) is 0.910. The predicted octanol–water partition coefficient (Wildman–Crippen LogP) is 3.61. The van der Waals surface area contributed by atoms with E-state index in [2.05, 4.69) is 4.98 Å². The minimum atomic E-state index is -4.27. The van der Waals surface area contributed by atoms with Crippen LogP contribution in [0.25, 0.3) is 10.9 Å². The van der Waals surface area contributed by atoms with E-state index in [9.17, 15) is 13.2 Å². The summed E-state index contributed by atoms with van der Waals surface area (Å²) in [5.74, 6) is 0. The molecule has 18 heavy (non-hydrogen) atoms. The van der Waals surface area contributed by atoms with E-state index in [1.165, 1.54) is 0 Å². The van der Waals surface area contributed by atoms with Crippen molar-refractivity contribution >= 4 is 23.3 Å². The molecule has 98 valence electrons. The Hall–Kier alpha value is -1.33. The lowest BCUT2D eigenvalue weighted by Gasteiger charge is -2.13. The van der Waals surface area contributed by atoms with Gasteiger partial charge in [0.2, 0.25) is 0 Å². The molecule has 2 nitrogen and oxygen atoms in total. The summed E-state index contributed by atoms with van der Waals surface area (Å²) >= 11 is 0. The molecule has 0 aliphatic rings. The number of para-hydroxylation sites is 1. The van der Waals surface area contributed by atoms with Gasteiger partial charge in [-0.3, -0.25) is 4.98 Å². The van der Waals surface area contributed by atoms with Crippen LogP contribution < -0.4 is 5.73 Å². The van der Waals surface area contributed by atoms with Crippen LogP contribution in [0.1, 0.15) is 18.2 Å². The van der Waals surface area contributed by atoms with Crippen LogP contribution in [0.15, 0.2) is 36.4 Å². The third kappa shape index (κ3) is 3.58. The molecule has 0 saturated carbocycles. The number of halogens is 4. The third-order valence-electron chi connectivity index (χ3n) is 2.45. The van der Waals surface area contributed by atoms with Gasteiger partial charge >= 0.3 is 6.18 Å². The molecule has 1 aromatic carbocycles. The Morgan fingerprint density at radius 1 is 1.11 bits per heavy atom. The van der Waals surface area contributed by atoms with Gasteiger partial charge in [0.15, 0.2) is 0 Å². The number of alkyl halides is 3. The molecule has 1 atom stereocenters. The fraction of sp³-hybridized carbons (Fsp3) is 0.250. The first-order valence-corrected chi connectivity index (χ1v) is 5.14. The van der Waals surface area contributed by atoms with Crippen molar-refractivity contribution in [1.29, 1.82) is 0 Å². The first kappa shape index (κ1) is 14.7. The number of pyridine rings is 1. The van der Waals surface area contributed by atoms with E-state index in [0.717, 1.165) is 5.39 Å². The number of fused-ring (bicyclic) bond motifs is 1. The summed E-state index contributed by atoms with van der Waals surface area (Å²) in [6.07, 6.45) is -5.33. The van der Waals surface area contributed by atoms with Gasteiger partial charge in [0.05, 0.1) is 23.7 Å². The molecule has 2 rings (SSSR count). The molecule has 2 aromatic rings. The van der Waals surface area contributed by atoms with Gasteiger partial charge in [-0.2, -0.15) is 13.2 Å². The van der Waals surface area contributed by atoms with Crippen LogP contribution in [0.2, 0.25) is 0 Å². The fourth-order valence-electron chi connectivity index (χ4n) is 1.64. The molecule has 0 unspecified atom stereocenters. The highest BCUT2D eigenvalue weighted by Gasteiger charge is 2.31. The summed E-state index contributed by atoms with van der Waals surface area (Å²) in [4.78, 5) is 4.13. The van der Waals surface area contributed by atoms with Crippen molar-refractivity contribution in [2.45, 2.75) is 18.6 Å². The molecule has 0 fully saturated rings. The van der Waals surface area contributed by atoms with E-state index >= 15 is 0 Å². The van der Waals surface area contributed by atoms with E-state index in [1.807, 2.05) is 12.1 Å². The van der Waals surface area contributed by atoms with Gasteiger partial charge in [0, 0.05) is 5.39 Å². The zero-order valence-electron chi connectivity index (χ0n) is 9.32. The first-order valence-electron chi connectivity index (χ1n) is 5.14. The average molecular weight is 277 g/mol. The van der Waals surface area contributed by atoms with E-state index < -0.39 is 18.6 Å². The second-order valence-corrected chi connectivity index (χ2v) is 3.85. The average Bonchev–Trinajstić information content (AvgIpc) is 2.26. The number of rotatable bonds is 2. The van der Waals surface area contributed by atoms with Crippen LogP contribution >= 0.6 is 12.4 Å². The SMILES string of the molecule is Cl.N[C@@H](CC(F)(F)F)c1ccc2ccccc2n1. The fourth-order valence-corrected chi connectivity index (χ4v) is 1.64. The summed E-state index contributed by atoms with van der Waals surface area (Å²) in [5, 5.41) is 0.885. The van der Waals surface area contributed by atoms with Gasteiger partial charge in [-0.1, -0.05) is 24.3 Å². The number of hydrogen-bond donors (Lipinski definition) is 1. The predicted molar refractivity (Wildman–Crippen MR) is 66.6 cm³/mol. The number of hydrogen-bond acceptors (Lipinski definition) is 2. The lowest BCUT2D eigenvalue weighted by atomic mass is 10.1. The zero-order chi connectivity index (χ0) is 12.5. The molecule has 2 N–H and O–H groups in total. The Kier molecular flexibility index (Phi) is 4.53. The monoisotopic (exact) mass is 276 g/mol. The maximum atomic E-state index is 12.2. The Morgan fingerprint density at radius 2 is 1.78 bits per heavy atom. The summed E-state index contributed by atoms with van der Waals surface area (Å²) in [5.41, 5.74) is 6.41. The molecule has 0 bridgehead atoms. The summed E-state index contributed by atoms with van der Waals surface area (Å²) in [7, 11) is 0. The minimum Gasteiger partial charge on any atom is -0.322 e. The van der Waals surface area contributed by atoms with Crippen LogP contribution in [-0.2, 0) is 0 Å². The van der Waals surface area contributed by atoms with Crippen molar-refractivity contribution in [2.24, 2.45) is 5.73 Å². The van der Waals surface area contributed by atoms with Gasteiger partial charge in [-0.15, -0.1) is 12.4 Å². The van der Waals surface area contributed by atoms with Crippen molar-refractivity contribution in [3.05, 3.63) is 42.1 Å². The van der Waals surface area contributed by atoms with E-state index in [-0.39, 0.29) is 18.1 Å². The maximum Gasteiger partial charge on any atom is 0.390 e. The normalized spacial score (nSPS) is 13.1. The Morgan fingerprint density at radius 3 is 2.44 bits per heavy atom. The van der Waals surface area contributed by atoms with Crippen LogP contribution in [0, 0.1) is 0 Å². The number of nitrogens with two attached hydrogens (primary N) is 1. The van der Waals surface area contributed by atoms with Gasteiger partial charge in [-0.25, -0.2) is 0 Å². The summed E-state index contributed by atoms with van der Waals surface area (Å²) in [6.45, 7) is 0. The molecule has 0 aliphatic carbocycles. The molecule has 0 aliphatic heterocycles. The highest BCUT2D eigenvalue weighted by molar-refractivity contribution is 5.85. The molecule has 6 heteroatoms. The zero-order valence-corrected chi connectivity index (χ0v) is 10.1. The Bertz CT molecular complexity index is 528. The Labute approximate surface area is 108 Å². The van der Waals surface area contributed by atoms with Crippen LogP contribution in [-0.4, -0.2) is 11.2 Å². The minimum absolute atomic E-state index is 0. The van der Waals surface area contributed by atoms with E-state index in [0.29, 0.717) is 5.52 Å². The van der Waals surface area contributed by atoms with E-state index in [1.54, 1.807) is 24.3 Å². The largest absolute Gasteiger partial charge is 0.390 e. The Balaban J connectivity index is 0.00000162. The number of nitrogens with zero attached hydrogens (tertiary/aromatic N) is 1. The highest BCUT2D eigenvalue weighted by atomic mass is 35.5. The highest BCUT2D eigenvalue weighted by Crippen LogP contribution is 2.27. The van der Waals surface area contributed by atoms with Crippen molar-refractivity contribution in [1.82, 2.24) is 4.98 Å². The van der Waals surface area contributed by atoms with Crippen LogP contribution in [0.4, 0.5) is 13.2 Å². The van der Waals surface area contributed by atoms with Crippen molar-refractivity contribution in [2.75, 3.05) is 0 Å². The molecule has 0 saturated heterocycles. The van der Waals surface area contributed by atoms with Gasteiger partial charge in [0.1, 0.15) is 0 Å². The lowest BCUT2D eigenvalue weighted by molar-refractivity contribution is -0.138. The standard InChI is InChI=1S/C12H11F3N2.ClH/c13-12(14,15)7-9(16)11-6-5-8-3-1-2-4-10(8)17-11;/h1-6,9H,7,16H2;1H/t9-;/m0./s1. The number of aromatic nitrogens is 1. The second kappa shape index (κ2) is 5.54. The lowest BCUT2D eigenvalue weighted by Crippen LogP contribution is -2.21. The van der Waals surface area contributed by atoms with Crippen molar-refractivity contribution in [3.63, 3.8) is 0 Å². The molecule has 0 amide bonds. The smallest absolute Gasteiger partial charge is 0.322 e. The van der Waals surface area contributed by atoms with Crippen LogP contribution in [0.5, 0.6) is 0 Å². The summed E-state index contributed by atoms with van der Waals surface area (Å²) < 4.78 is 36.6. The molecule has 0 spiro atoms. The second-order valence-electron chi connectivity index (χ2n) is 3.85. The molecule has 1 aromatic heterocycles. The molecule has 1 heterocycles. The number of benzene rings is 1. The van der Waals surface area contributed by atoms with E-state index in [4.69, 9.17) is 5.73 Å². The van der Waals surface area contributed by atoms with Crippen molar-refractivity contribution in [3.8, 4) is 0 Å². The maximum absolute atomic E-state index is 12.2.